The molecule has 0 fully saturated rings. The molecule has 0 aromatic rings. The van der Waals surface area contributed by atoms with Crippen molar-refractivity contribution in [1.82, 2.24) is 5.06 Å². The number of carbonyl (C=O) groups excluding carboxylic acids is 1. The quantitative estimate of drug-likeness (QED) is 0.432. The number of carbonyl (C=O) groups is 1. The average molecular weight is 146 g/mol. The summed E-state index contributed by atoms with van der Waals surface area (Å²) in [4.78, 5) is 10.8. The summed E-state index contributed by atoms with van der Waals surface area (Å²) in [6.07, 6.45) is 0.969. The summed E-state index contributed by atoms with van der Waals surface area (Å²) >= 11 is 0. The summed E-state index contributed by atoms with van der Waals surface area (Å²) in [5.74, 6) is -0.257. The Morgan fingerprint density at radius 1 is 1.70 bits per heavy atom. The number of rotatable bonds is 4. The van der Waals surface area contributed by atoms with E-state index in [0.29, 0.717) is 31.0 Å². The van der Waals surface area contributed by atoms with E-state index in [1.54, 1.807) is 6.92 Å². The molecular weight excluding hydrogens is 132 g/mol. The predicted octanol–water partition coefficient (Wildman–Crippen LogP) is -0.0370. The van der Waals surface area contributed by atoms with Crippen LogP contribution in [0.5, 0.6) is 0 Å². The topological polar surface area (TPSA) is 66.6 Å². The molecule has 0 aromatic carbocycles. The molecule has 0 aliphatic carbocycles. The zero-order valence-corrected chi connectivity index (χ0v) is 6.21. The van der Waals surface area contributed by atoms with Crippen LogP contribution in [0.1, 0.15) is 19.8 Å². The molecule has 3 N–H and O–H groups in total. The largest absolute Gasteiger partial charge is 0.330 e. The third-order valence-corrected chi connectivity index (χ3v) is 1.18. The lowest BCUT2D eigenvalue weighted by Crippen LogP contribution is -2.27. The molecule has 4 nitrogen and oxygen atoms in total. The van der Waals surface area contributed by atoms with Crippen LogP contribution < -0.4 is 5.73 Å². The van der Waals surface area contributed by atoms with Gasteiger partial charge in [0.15, 0.2) is 0 Å². The van der Waals surface area contributed by atoms with E-state index < -0.39 is 0 Å². The lowest BCUT2D eigenvalue weighted by Gasteiger charge is -2.10. The van der Waals surface area contributed by atoms with Crippen molar-refractivity contribution in [2.24, 2.45) is 5.73 Å². The third kappa shape index (κ3) is 3.42. The minimum Gasteiger partial charge on any atom is -0.330 e. The Morgan fingerprint density at radius 2 is 2.30 bits per heavy atom. The summed E-state index contributed by atoms with van der Waals surface area (Å²) < 4.78 is 0. The SMILES string of the molecule is CCN(O)C(=O)CCCN. The highest BCUT2D eigenvalue weighted by Gasteiger charge is 2.05. The van der Waals surface area contributed by atoms with E-state index in [0.717, 1.165) is 0 Å². The lowest BCUT2D eigenvalue weighted by atomic mass is 10.3. The molecule has 0 bridgehead atoms. The van der Waals surface area contributed by atoms with Crippen LogP contribution in [0.4, 0.5) is 0 Å². The fourth-order valence-corrected chi connectivity index (χ4v) is 0.559. The Kier molecular flexibility index (Phi) is 4.88. The molecule has 0 rings (SSSR count). The molecule has 0 spiro atoms. The first-order valence-corrected chi connectivity index (χ1v) is 3.41. The van der Waals surface area contributed by atoms with Crippen LogP contribution in [0.3, 0.4) is 0 Å². The number of nitrogens with two attached hydrogens (primary N) is 1. The third-order valence-electron chi connectivity index (χ3n) is 1.18. The normalized spacial score (nSPS) is 9.50. The molecule has 0 saturated heterocycles. The van der Waals surface area contributed by atoms with Crippen molar-refractivity contribution in [2.45, 2.75) is 19.8 Å². The van der Waals surface area contributed by atoms with Crippen molar-refractivity contribution in [2.75, 3.05) is 13.1 Å². The van der Waals surface area contributed by atoms with Gasteiger partial charge in [-0.05, 0) is 19.9 Å². The number of hydroxylamine groups is 2. The van der Waals surface area contributed by atoms with Crippen molar-refractivity contribution in [3.63, 3.8) is 0 Å². The number of amides is 1. The Bertz CT molecular complexity index is 106. The number of nitrogens with zero attached hydrogens (tertiary/aromatic N) is 1. The average Bonchev–Trinajstić information content (AvgIpc) is 1.98. The minimum atomic E-state index is -0.257. The van der Waals surface area contributed by atoms with Gasteiger partial charge in [0.2, 0.25) is 5.91 Å². The van der Waals surface area contributed by atoms with E-state index in [-0.39, 0.29) is 5.91 Å². The Hall–Kier alpha value is -0.610. The molecule has 0 aliphatic heterocycles. The van der Waals surface area contributed by atoms with Crippen LogP contribution in [-0.2, 0) is 4.79 Å². The van der Waals surface area contributed by atoms with Crippen LogP contribution in [0.15, 0.2) is 0 Å². The molecule has 0 saturated carbocycles. The maximum atomic E-state index is 10.8. The van der Waals surface area contributed by atoms with Gasteiger partial charge in [-0.25, -0.2) is 5.06 Å². The highest BCUT2D eigenvalue weighted by molar-refractivity contribution is 5.74. The van der Waals surface area contributed by atoms with Gasteiger partial charge >= 0.3 is 0 Å². The van der Waals surface area contributed by atoms with Crippen molar-refractivity contribution in [3.8, 4) is 0 Å². The molecule has 0 radical (unpaired) electrons. The Morgan fingerprint density at radius 3 is 2.70 bits per heavy atom. The molecular formula is C6H14N2O2. The van der Waals surface area contributed by atoms with Gasteiger partial charge in [-0.15, -0.1) is 0 Å². The summed E-state index contributed by atoms with van der Waals surface area (Å²) in [6.45, 7) is 2.53. The van der Waals surface area contributed by atoms with Crippen LogP contribution >= 0.6 is 0 Å². The Balaban J connectivity index is 3.42. The second-order valence-electron chi connectivity index (χ2n) is 2.00. The van der Waals surface area contributed by atoms with Gasteiger partial charge in [-0.2, -0.15) is 0 Å². The number of hydrogen-bond donors (Lipinski definition) is 2. The maximum absolute atomic E-state index is 10.8. The highest BCUT2D eigenvalue weighted by atomic mass is 16.5. The van der Waals surface area contributed by atoms with Crippen LogP contribution in [0.25, 0.3) is 0 Å². The van der Waals surface area contributed by atoms with Gasteiger partial charge in [-0.1, -0.05) is 0 Å². The van der Waals surface area contributed by atoms with Crippen LogP contribution in [-0.4, -0.2) is 29.3 Å². The molecule has 1 amide bonds. The van der Waals surface area contributed by atoms with Gasteiger partial charge < -0.3 is 5.73 Å². The molecule has 4 heteroatoms. The van der Waals surface area contributed by atoms with E-state index in [2.05, 4.69) is 0 Å². The zero-order valence-electron chi connectivity index (χ0n) is 6.21. The van der Waals surface area contributed by atoms with Gasteiger partial charge in [-0.3, -0.25) is 10.0 Å². The molecule has 0 unspecified atom stereocenters. The maximum Gasteiger partial charge on any atom is 0.245 e. The standard InChI is InChI=1S/C6H14N2O2/c1-2-8(10)6(9)4-3-5-7/h10H,2-5,7H2,1H3. The molecule has 10 heavy (non-hydrogen) atoms. The molecule has 0 heterocycles. The predicted molar refractivity (Wildman–Crippen MR) is 37.5 cm³/mol. The van der Waals surface area contributed by atoms with Crippen molar-refractivity contribution >= 4 is 5.91 Å². The monoisotopic (exact) mass is 146 g/mol. The Labute approximate surface area is 60.6 Å². The zero-order chi connectivity index (χ0) is 7.98. The highest BCUT2D eigenvalue weighted by Crippen LogP contribution is 1.92. The first-order valence-electron chi connectivity index (χ1n) is 3.41. The molecule has 0 atom stereocenters. The molecule has 0 aromatic heterocycles. The van der Waals surface area contributed by atoms with Crippen molar-refractivity contribution < 1.29 is 10.0 Å². The summed E-state index contributed by atoms with van der Waals surface area (Å²) in [6, 6.07) is 0. The van der Waals surface area contributed by atoms with E-state index >= 15 is 0 Å². The second kappa shape index (κ2) is 5.20. The fourth-order valence-electron chi connectivity index (χ4n) is 0.559. The van der Waals surface area contributed by atoms with Gasteiger partial charge in [0, 0.05) is 13.0 Å². The van der Waals surface area contributed by atoms with E-state index in [9.17, 15) is 4.79 Å². The summed E-state index contributed by atoms with van der Waals surface area (Å²) in [5, 5.41) is 9.50. The second-order valence-corrected chi connectivity index (χ2v) is 2.00. The fraction of sp³-hybridized carbons (Fsp3) is 0.833. The van der Waals surface area contributed by atoms with E-state index in [4.69, 9.17) is 10.9 Å². The van der Waals surface area contributed by atoms with Gasteiger partial charge in [0.05, 0.1) is 0 Å². The van der Waals surface area contributed by atoms with E-state index in [1.165, 1.54) is 0 Å². The minimum absolute atomic E-state index is 0.257. The van der Waals surface area contributed by atoms with Crippen molar-refractivity contribution in [1.29, 1.82) is 0 Å². The molecule has 0 aliphatic rings. The van der Waals surface area contributed by atoms with Crippen LogP contribution in [0.2, 0.25) is 0 Å². The lowest BCUT2D eigenvalue weighted by molar-refractivity contribution is -0.164. The summed E-state index contributed by atoms with van der Waals surface area (Å²) in [7, 11) is 0. The first kappa shape index (κ1) is 9.39. The molecule has 60 valence electrons. The van der Waals surface area contributed by atoms with Crippen LogP contribution in [0, 0.1) is 0 Å². The number of hydrogen-bond acceptors (Lipinski definition) is 3. The smallest absolute Gasteiger partial charge is 0.245 e. The summed E-state index contributed by atoms with van der Waals surface area (Å²) in [5.41, 5.74) is 5.17. The first-order chi connectivity index (χ1) is 4.72. The van der Waals surface area contributed by atoms with Gasteiger partial charge in [0.25, 0.3) is 0 Å². The van der Waals surface area contributed by atoms with Gasteiger partial charge in [0.1, 0.15) is 0 Å². The van der Waals surface area contributed by atoms with Crippen molar-refractivity contribution in [3.05, 3.63) is 0 Å². The van der Waals surface area contributed by atoms with E-state index in [1.807, 2.05) is 0 Å².